The summed E-state index contributed by atoms with van der Waals surface area (Å²) in [5.74, 6) is 3.67. The Morgan fingerprint density at radius 2 is 1.57 bits per heavy atom. The van der Waals surface area contributed by atoms with E-state index in [0.29, 0.717) is 4.90 Å². The van der Waals surface area contributed by atoms with Gasteiger partial charge in [-0.25, -0.2) is 8.42 Å². The zero-order chi connectivity index (χ0) is 10.4. The van der Waals surface area contributed by atoms with E-state index in [2.05, 4.69) is 5.87 Å². The van der Waals surface area contributed by atoms with Crippen LogP contribution in [-0.4, -0.2) is 30.0 Å². The summed E-state index contributed by atoms with van der Waals surface area (Å²) in [7, 11) is -5.62. The third kappa shape index (κ3) is 1.36. The van der Waals surface area contributed by atoms with Gasteiger partial charge in [-0.1, -0.05) is 12.1 Å². The number of sulfone groups is 1. The summed E-state index contributed by atoms with van der Waals surface area (Å²) in [6.07, 6.45) is 0. The van der Waals surface area contributed by atoms with E-state index in [1.54, 1.807) is 18.2 Å². The Labute approximate surface area is 83.7 Å². The van der Waals surface area contributed by atoms with Crippen LogP contribution in [0.25, 0.3) is 0 Å². The average molecular weight is 230 g/mol. The first-order valence-electron chi connectivity index (χ1n) is 4.10. The zero-order valence-electron chi connectivity index (χ0n) is 7.47. The van der Waals surface area contributed by atoms with Crippen LogP contribution >= 0.6 is 0 Å². The summed E-state index contributed by atoms with van der Waals surface area (Å²) in [5, 5.41) is 0. The van der Waals surface area contributed by atoms with Crippen LogP contribution in [0.3, 0.4) is 0 Å². The standard InChI is InChI=1S/C9H10O3S2/c1-13(10)6-7-14(11,12)9-5-3-2-4-8(9)13/h2-5H,1,6-7H2. The van der Waals surface area contributed by atoms with Gasteiger partial charge in [-0.05, 0) is 27.5 Å². The lowest BCUT2D eigenvalue weighted by molar-refractivity contribution is 0.592. The largest absolute Gasteiger partial charge is 0.263 e. The molecule has 14 heavy (non-hydrogen) atoms. The first-order chi connectivity index (χ1) is 6.43. The zero-order valence-corrected chi connectivity index (χ0v) is 9.10. The quantitative estimate of drug-likeness (QED) is 0.612. The molecule has 2 rings (SSSR count). The number of fused-ring (bicyclic) bond motifs is 1. The predicted octanol–water partition coefficient (Wildman–Crippen LogP) is 0.549. The highest BCUT2D eigenvalue weighted by atomic mass is 32.2. The SMILES string of the molecule is C=S1(=O)CCS(=O)(=O)c2ccccc21. The van der Waals surface area contributed by atoms with E-state index in [-0.39, 0.29) is 16.4 Å². The van der Waals surface area contributed by atoms with Crippen LogP contribution in [0.5, 0.6) is 0 Å². The van der Waals surface area contributed by atoms with E-state index < -0.39 is 19.4 Å². The Morgan fingerprint density at radius 1 is 1.00 bits per heavy atom. The third-order valence-electron chi connectivity index (χ3n) is 2.27. The molecule has 0 aromatic heterocycles. The molecule has 0 radical (unpaired) electrons. The minimum absolute atomic E-state index is 0.0631. The molecule has 0 spiro atoms. The summed E-state index contributed by atoms with van der Waals surface area (Å²) >= 11 is 0. The lowest BCUT2D eigenvalue weighted by atomic mass is 10.4. The van der Waals surface area contributed by atoms with Gasteiger partial charge < -0.3 is 0 Å². The molecule has 0 saturated carbocycles. The molecule has 0 fully saturated rings. The van der Waals surface area contributed by atoms with Crippen molar-refractivity contribution in [2.24, 2.45) is 0 Å². The fourth-order valence-electron chi connectivity index (χ4n) is 1.48. The second kappa shape index (κ2) is 2.84. The Hall–Kier alpha value is -0.810. The van der Waals surface area contributed by atoms with Crippen LogP contribution in [-0.2, 0) is 19.4 Å². The topological polar surface area (TPSA) is 51.2 Å². The van der Waals surface area contributed by atoms with Gasteiger partial charge in [0.15, 0.2) is 9.84 Å². The van der Waals surface area contributed by atoms with Crippen LogP contribution in [0.1, 0.15) is 0 Å². The molecule has 1 aromatic carbocycles. The molecule has 5 heteroatoms. The van der Waals surface area contributed by atoms with E-state index in [0.717, 1.165) is 0 Å². The second-order valence-electron chi connectivity index (χ2n) is 3.28. The minimum atomic E-state index is -3.23. The fraction of sp³-hybridized carbons (Fsp3) is 0.222. The Kier molecular flexibility index (Phi) is 1.97. The van der Waals surface area contributed by atoms with Crippen LogP contribution in [0.15, 0.2) is 34.1 Å². The van der Waals surface area contributed by atoms with E-state index in [4.69, 9.17) is 0 Å². The maximum atomic E-state index is 11.9. The van der Waals surface area contributed by atoms with Crippen LogP contribution in [0, 0.1) is 0 Å². The summed E-state index contributed by atoms with van der Waals surface area (Å²) in [6.45, 7) is 0. The summed E-state index contributed by atoms with van der Waals surface area (Å²) in [4.78, 5) is 0.567. The van der Waals surface area contributed by atoms with Gasteiger partial charge in [-0.15, -0.1) is 0 Å². The molecule has 3 nitrogen and oxygen atoms in total. The average Bonchev–Trinajstić information content (AvgIpc) is 2.14. The molecule has 0 aliphatic carbocycles. The van der Waals surface area contributed by atoms with Crippen molar-refractivity contribution in [1.82, 2.24) is 0 Å². The fourth-order valence-corrected chi connectivity index (χ4v) is 6.13. The van der Waals surface area contributed by atoms with E-state index in [9.17, 15) is 12.6 Å². The summed E-state index contributed by atoms with van der Waals surface area (Å²) < 4.78 is 35.2. The van der Waals surface area contributed by atoms with Crippen molar-refractivity contribution < 1.29 is 12.6 Å². The molecule has 1 heterocycles. The van der Waals surface area contributed by atoms with Gasteiger partial charge in [0.2, 0.25) is 0 Å². The molecule has 1 atom stereocenters. The Morgan fingerprint density at radius 3 is 2.14 bits per heavy atom. The van der Waals surface area contributed by atoms with Crippen molar-refractivity contribution in [3.63, 3.8) is 0 Å². The summed E-state index contributed by atoms with van der Waals surface area (Å²) in [6, 6.07) is 6.40. The summed E-state index contributed by atoms with van der Waals surface area (Å²) in [5.41, 5.74) is 0. The Bertz CT molecular complexity index is 515. The van der Waals surface area contributed by atoms with Crippen molar-refractivity contribution in [2.45, 2.75) is 9.79 Å². The third-order valence-corrected chi connectivity index (χ3v) is 6.44. The molecule has 0 bridgehead atoms. The highest BCUT2D eigenvalue weighted by molar-refractivity contribution is 8.03. The monoisotopic (exact) mass is 230 g/mol. The first-order valence-corrected chi connectivity index (χ1v) is 7.65. The van der Waals surface area contributed by atoms with Gasteiger partial charge in [-0.3, -0.25) is 4.21 Å². The van der Waals surface area contributed by atoms with Crippen molar-refractivity contribution >= 4 is 25.2 Å². The van der Waals surface area contributed by atoms with Crippen LogP contribution in [0.2, 0.25) is 0 Å². The van der Waals surface area contributed by atoms with Gasteiger partial charge in [0, 0.05) is 10.6 Å². The van der Waals surface area contributed by atoms with Gasteiger partial charge in [0.05, 0.1) is 10.6 Å². The highest BCUT2D eigenvalue weighted by Crippen LogP contribution is 2.27. The van der Waals surface area contributed by atoms with Crippen LogP contribution < -0.4 is 0 Å². The van der Waals surface area contributed by atoms with Crippen molar-refractivity contribution in [1.29, 1.82) is 0 Å². The number of hydrogen-bond donors (Lipinski definition) is 0. The molecule has 1 aliphatic rings. The predicted molar refractivity (Wildman–Crippen MR) is 56.9 cm³/mol. The molecular formula is C9H10O3S2. The lowest BCUT2D eigenvalue weighted by Gasteiger charge is -2.19. The normalized spacial score (nSPS) is 29.4. The molecule has 1 aromatic rings. The molecule has 1 unspecified atom stereocenters. The maximum absolute atomic E-state index is 11.9. The first kappa shape index (κ1) is 9.73. The number of rotatable bonds is 0. The second-order valence-corrected chi connectivity index (χ2v) is 7.83. The van der Waals surface area contributed by atoms with Gasteiger partial charge in [0.25, 0.3) is 0 Å². The van der Waals surface area contributed by atoms with E-state index in [1.165, 1.54) is 6.07 Å². The van der Waals surface area contributed by atoms with Crippen molar-refractivity contribution in [3.05, 3.63) is 24.3 Å². The van der Waals surface area contributed by atoms with E-state index >= 15 is 0 Å². The minimum Gasteiger partial charge on any atom is -0.263 e. The molecule has 1 aliphatic heterocycles. The Balaban J connectivity index is 2.87. The van der Waals surface area contributed by atoms with Crippen molar-refractivity contribution in [3.8, 4) is 0 Å². The van der Waals surface area contributed by atoms with E-state index in [1.807, 2.05) is 0 Å². The maximum Gasteiger partial charge on any atom is 0.180 e. The van der Waals surface area contributed by atoms with Gasteiger partial charge >= 0.3 is 0 Å². The number of hydrogen-bond acceptors (Lipinski definition) is 3. The van der Waals surface area contributed by atoms with Crippen LogP contribution in [0.4, 0.5) is 0 Å². The number of benzene rings is 1. The van der Waals surface area contributed by atoms with Crippen molar-refractivity contribution in [2.75, 3.05) is 11.5 Å². The molecular weight excluding hydrogens is 220 g/mol. The van der Waals surface area contributed by atoms with Gasteiger partial charge in [0.1, 0.15) is 0 Å². The highest BCUT2D eigenvalue weighted by Gasteiger charge is 2.29. The molecule has 76 valence electrons. The molecule has 0 N–H and O–H groups in total. The molecule has 0 saturated heterocycles. The smallest absolute Gasteiger partial charge is 0.180 e. The molecule has 0 amide bonds. The lowest BCUT2D eigenvalue weighted by Crippen LogP contribution is -2.25. The van der Waals surface area contributed by atoms with Gasteiger partial charge in [-0.2, -0.15) is 0 Å².